The van der Waals surface area contributed by atoms with Crippen LogP contribution in [0.5, 0.6) is 0 Å². The van der Waals surface area contributed by atoms with Crippen LogP contribution in [-0.4, -0.2) is 37.8 Å². The molecule has 0 amide bonds. The third-order valence-corrected chi connectivity index (χ3v) is 4.02. The lowest BCUT2D eigenvalue weighted by atomic mass is 10.1. The van der Waals surface area contributed by atoms with Gasteiger partial charge in [-0.15, -0.1) is 0 Å². The smallest absolute Gasteiger partial charge is 0.0762 e. The molecule has 2 rings (SSSR count). The summed E-state index contributed by atoms with van der Waals surface area (Å²) in [7, 11) is 1.79. The number of rotatable bonds is 7. The first-order valence-corrected chi connectivity index (χ1v) is 7.75. The molecule has 0 bridgehead atoms. The molecule has 1 aliphatic heterocycles. The van der Waals surface area contributed by atoms with Crippen molar-refractivity contribution in [1.82, 2.24) is 10.3 Å². The Morgan fingerprint density at radius 1 is 1.45 bits per heavy atom. The predicted octanol–water partition coefficient (Wildman–Crippen LogP) is 2.76. The Hall–Kier alpha value is -1.13. The summed E-state index contributed by atoms with van der Waals surface area (Å²) >= 11 is 0. The molecule has 4 nitrogen and oxygen atoms in total. The highest BCUT2D eigenvalue weighted by Crippen LogP contribution is 2.23. The van der Waals surface area contributed by atoms with E-state index in [1.54, 1.807) is 7.11 Å². The normalized spacial score (nSPS) is 20.4. The van der Waals surface area contributed by atoms with Gasteiger partial charge >= 0.3 is 0 Å². The van der Waals surface area contributed by atoms with E-state index >= 15 is 0 Å². The van der Waals surface area contributed by atoms with Gasteiger partial charge < -0.3 is 15.0 Å². The molecule has 1 aromatic heterocycles. The summed E-state index contributed by atoms with van der Waals surface area (Å²) in [6, 6.07) is 4.72. The number of anilines is 1. The molecule has 0 aliphatic carbocycles. The van der Waals surface area contributed by atoms with Crippen molar-refractivity contribution in [3.63, 3.8) is 0 Å². The van der Waals surface area contributed by atoms with Gasteiger partial charge in [-0.25, -0.2) is 0 Å². The zero-order valence-electron chi connectivity index (χ0n) is 12.9. The van der Waals surface area contributed by atoms with Crippen LogP contribution >= 0.6 is 0 Å². The molecule has 20 heavy (non-hydrogen) atoms. The van der Waals surface area contributed by atoms with E-state index in [1.807, 2.05) is 6.20 Å². The molecule has 1 saturated heterocycles. The van der Waals surface area contributed by atoms with Gasteiger partial charge in [0, 0.05) is 26.2 Å². The first-order valence-electron chi connectivity index (χ1n) is 7.75. The second kappa shape index (κ2) is 7.60. The number of aromatic nitrogens is 1. The van der Waals surface area contributed by atoms with Crippen molar-refractivity contribution in [3.8, 4) is 0 Å². The monoisotopic (exact) mass is 277 g/mol. The Morgan fingerprint density at radius 3 is 2.85 bits per heavy atom. The fourth-order valence-corrected chi connectivity index (χ4v) is 2.72. The standard InChI is InChI=1S/C16H27N3O/c1-4-9-17-15(5-2)16-7-6-13(11-18-16)19-10-8-14(12-19)20-3/h6-7,11,14-15,17H,4-5,8-10,12H2,1-3H3. The molecule has 1 aliphatic rings. The second-order valence-electron chi connectivity index (χ2n) is 5.45. The fraction of sp³-hybridized carbons (Fsp3) is 0.688. The molecule has 2 atom stereocenters. The van der Waals surface area contributed by atoms with Crippen LogP contribution in [0.3, 0.4) is 0 Å². The molecule has 112 valence electrons. The second-order valence-corrected chi connectivity index (χ2v) is 5.45. The summed E-state index contributed by atoms with van der Waals surface area (Å²) in [6.45, 7) is 7.47. The van der Waals surface area contributed by atoms with Crippen molar-refractivity contribution >= 4 is 5.69 Å². The van der Waals surface area contributed by atoms with Crippen LogP contribution in [0.25, 0.3) is 0 Å². The largest absolute Gasteiger partial charge is 0.380 e. The average molecular weight is 277 g/mol. The van der Waals surface area contributed by atoms with Gasteiger partial charge in [-0.05, 0) is 37.9 Å². The van der Waals surface area contributed by atoms with Crippen LogP contribution in [0.15, 0.2) is 18.3 Å². The highest BCUT2D eigenvalue weighted by atomic mass is 16.5. The summed E-state index contributed by atoms with van der Waals surface area (Å²) in [5, 5.41) is 3.54. The Kier molecular flexibility index (Phi) is 5.80. The van der Waals surface area contributed by atoms with E-state index in [-0.39, 0.29) is 0 Å². The van der Waals surface area contributed by atoms with E-state index < -0.39 is 0 Å². The van der Waals surface area contributed by atoms with E-state index in [2.05, 4.69) is 41.2 Å². The summed E-state index contributed by atoms with van der Waals surface area (Å²) in [6.07, 6.45) is 5.70. The third kappa shape index (κ3) is 3.70. The number of methoxy groups -OCH3 is 1. The van der Waals surface area contributed by atoms with E-state index in [0.29, 0.717) is 12.1 Å². The van der Waals surface area contributed by atoms with Gasteiger partial charge in [0.15, 0.2) is 0 Å². The maximum Gasteiger partial charge on any atom is 0.0762 e. The van der Waals surface area contributed by atoms with Crippen LogP contribution < -0.4 is 10.2 Å². The van der Waals surface area contributed by atoms with Crippen LogP contribution in [0.1, 0.15) is 44.8 Å². The van der Waals surface area contributed by atoms with Crippen LogP contribution in [0.2, 0.25) is 0 Å². The number of hydrogen-bond acceptors (Lipinski definition) is 4. The van der Waals surface area contributed by atoms with Gasteiger partial charge in [0.05, 0.1) is 23.7 Å². The summed E-state index contributed by atoms with van der Waals surface area (Å²) < 4.78 is 5.41. The highest BCUT2D eigenvalue weighted by molar-refractivity contribution is 5.46. The average Bonchev–Trinajstić information content (AvgIpc) is 2.97. The van der Waals surface area contributed by atoms with Crippen molar-refractivity contribution in [2.24, 2.45) is 0 Å². The lowest BCUT2D eigenvalue weighted by Gasteiger charge is -2.20. The molecule has 0 saturated carbocycles. The molecule has 0 radical (unpaired) electrons. The summed E-state index contributed by atoms with van der Waals surface area (Å²) in [5.74, 6) is 0. The molecule has 0 spiro atoms. The molecular formula is C16H27N3O. The van der Waals surface area contributed by atoms with Gasteiger partial charge in [-0.1, -0.05) is 13.8 Å². The van der Waals surface area contributed by atoms with Crippen molar-refractivity contribution in [2.75, 3.05) is 31.6 Å². The fourth-order valence-electron chi connectivity index (χ4n) is 2.72. The van der Waals surface area contributed by atoms with E-state index in [0.717, 1.165) is 44.6 Å². The van der Waals surface area contributed by atoms with Crippen molar-refractivity contribution in [2.45, 2.75) is 45.3 Å². The molecule has 1 N–H and O–H groups in total. The van der Waals surface area contributed by atoms with Gasteiger partial charge in [-0.3, -0.25) is 4.98 Å². The zero-order valence-corrected chi connectivity index (χ0v) is 12.9. The minimum absolute atomic E-state index is 0.365. The van der Waals surface area contributed by atoms with Gasteiger partial charge in [0.25, 0.3) is 0 Å². The maximum atomic E-state index is 5.41. The molecule has 0 aromatic carbocycles. The number of nitrogens with zero attached hydrogens (tertiary/aromatic N) is 2. The molecule has 1 fully saturated rings. The molecule has 2 unspecified atom stereocenters. The summed E-state index contributed by atoms with van der Waals surface area (Å²) in [4.78, 5) is 7.01. The van der Waals surface area contributed by atoms with E-state index in [1.165, 1.54) is 5.69 Å². The van der Waals surface area contributed by atoms with Crippen LogP contribution in [0.4, 0.5) is 5.69 Å². The lowest BCUT2D eigenvalue weighted by Crippen LogP contribution is -2.24. The first-order chi connectivity index (χ1) is 9.78. The Balaban J connectivity index is 1.98. The Morgan fingerprint density at radius 2 is 2.30 bits per heavy atom. The lowest BCUT2D eigenvalue weighted by molar-refractivity contribution is 0.121. The van der Waals surface area contributed by atoms with Gasteiger partial charge in [0.2, 0.25) is 0 Å². The number of hydrogen-bond donors (Lipinski definition) is 1. The minimum Gasteiger partial charge on any atom is -0.380 e. The van der Waals surface area contributed by atoms with Crippen molar-refractivity contribution in [3.05, 3.63) is 24.0 Å². The van der Waals surface area contributed by atoms with Gasteiger partial charge in [-0.2, -0.15) is 0 Å². The Bertz CT molecular complexity index is 372. The molecule has 1 aromatic rings. The molecular weight excluding hydrogens is 250 g/mol. The van der Waals surface area contributed by atoms with Crippen molar-refractivity contribution in [1.29, 1.82) is 0 Å². The predicted molar refractivity (Wildman–Crippen MR) is 83.2 cm³/mol. The zero-order chi connectivity index (χ0) is 14.4. The topological polar surface area (TPSA) is 37.4 Å². The SMILES string of the molecule is CCCNC(CC)c1ccc(N2CCC(OC)C2)cn1. The highest BCUT2D eigenvalue weighted by Gasteiger charge is 2.22. The summed E-state index contributed by atoms with van der Waals surface area (Å²) in [5.41, 5.74) is 2.35. The quantitative estimate of drug-likeness (QED) is 0.831. The van der Waals surface area contributed by atoms with Crippen LogP contribution in [-0.2, 0) is 4.74 Å². The third-order valence-electron chi connectivity index (χ3n) is 4.02. The van der Waals surface area contributed by atoms with E-state index in [9.17, 15) is 0 Å². The first kappa shape index (κ1) is 15.3. The van der Waals surface area contributed by atoms with Gasteiger partial charge in [0.1, 0.15) is 0 Å². The Labute approximate surface area is 122 Å². The maximum absolute atomic E-state index is 5.41. The number of nitrogens with one attached hydrogen (secondary N) is 1. The number of pyridine rings is 1. The molecule has 4 heteroatoms. The number of ether oxygens (including phenoxy) is 1. The molecule has 2 heterocycles. The minimum atomic E-state index is 0.365. The van der Waals surface area contributed by atoms with Crippen LogP contribution in [0, 0.1) is 0 Å². The van der Waals surface area contributed by atoms with E-state index in [4.69, 9.17) is 4.74 Å². The van der Waals surface area contributed by atoms with Crippen molar-refractivity contribution < 1.29 is 4.74 Å².